The van der Waals surface area contributed by atoms with Crippen LogP contribution in [0.5, 0.6) is 17.2 Å². The van der Waals surface area contributed by atoms with Crippen molar-refractivity contribution < 1.29 is 14.3 Å². The van der Waals surface area contributed by atoms with Crippen molar-refractivity contribution in [3.63, 3.8) is 0 Å². The average Bonchev–Trinajstić information content (AvgIpc) is 3.07. The minimum atomic E-state index is -0.145. The number of nitrogens with zero attached hydrogens (tertiary/aromatic N) is 1. The molecule has 158 valence electrons. The van der Waals surface area contributed by atoms with Crippen LogP contribution < -0.4 is 25.8 Å². The van der Waals surface area contributed by atoms with Gasteiger partial charge in [-0.3, -0.25) is 9.79 Å². The molecule has 0 bridgehead atoms. The van der Waals surface area contributed by atoms with Crippen LogP contribution in [0.15, 0.2) is 46.3 Å². The van der Waals surface area contributed by atoms with E-state index < -0.39 is 0 Å². The number of nitrogen functional groups attached to an aromatic ring is 1. The van der Waals surface area contributed by atoms with Gasteiger partial charge in [-0.05, 0) is 60.3 Å². The summed E-state index contributed by atoms with van der Waals surface area (Å²) in [6.07, 6.45) is 1.89. The highest BCUT2D eigenvalue weighted by molar-refractivity contribution is 8.18. The summed E-state index contributed by atoms with van der Waals surface area (Å²) in [5.74, 6) is 2.10. The number of thioether (sulfide) groups is 1. The van der Waals surface area contributed by atoms with Gasteiger partial charge >= 0.3 is 0 Å². The predicted molar refractivity (Wildman–Crippen MR) is 124 cm³/mol. The van der Waals surface area contributed by atoms with Crippen LogP contribution in [0.3, 0.4) is 0 Å². The third kappa shape index (κ3) is 5.69. The summed E-state index contributed by atoms with van der Waals surface area (Å²) in [6, 6.07) is 10.5. The lowest BCUT2D eigenvalue weighted by Crippen LogP contribution is -2.22. The van der Waals surface area contributed by atoms with Gasteiger partial charge in [0.1, 0.15) is 11.6 Å². The van der Waals surface area contributed by atoms with Crippen molar-refractivity contribution in [1.29, 1.82) is 0 Å². The molecule has 0 aliphatic carbocycles. The first-order chi connectivity index (χ1) is 14.5. The predicted octanol–water partition coefficient (Wildman–Crippen LogP) is 4.53. The van der Waals surface area contributed by atoms with Gasteiger partial charge in [-0.2, -0.15) is 0 Å². The minimum Gasteiger partial charge on any atom is -0.493 e. The van der Waals surface area contributed by atoms with Crippen LogP contribution in [-0.2, 0) is 0 Å². The van der Waals surface area contributed by atoms with Crippen molar-refractivity contribution in [3.8, 4) is 17.2 Å². The van der Waals surface area contributed by atoms with Crippen LogP contribution in [-0.4, -0.2) is 37.8 Å². The first-order valence-electron chi connectivity index (χ1n) is 9.37. The largest absolute Gasteiger partial charge is 0.493 e. The Balaban J connectivity index is 1.82. The normalized spacial score (nSPS) is 16.2. The maximum atomic E-state index is 11.8. The lowest BCUT2D eigenvalue weighted by Gasteiger charge is -2.12. The number of halogens is 1. The van der Waals surface area contributed by atoms with Crippen LogP contribution in [0.25, 0.3) is 6.08 Å². The monoisotopic (exact) mass is 446 g/mol. The summed E-state index contributed by atoms with van der Waals surface area (Å²) in [5.41, 5.74) is 7.13. The van der Waals surface area contributed by atoms with Crippen LogP contribution in [0.1, 0.15) is 12.5 Å². The number of nitrogens with two attached hydrogens (primary N) is 1. The standard InChI is InChI=1S/C21H23ClN4O3S/c1-3-24-8-9-25-20-19(30-21(27)26-20)11-13-4-6-17(18(10-13)28-2)29-16-7-5-14(23)12-15(16)22/h4-7,10-12,24H,3,8-9,23H2,1-2H3,(H,25,26,27)/b19-11-. The molecule has 7 nitrogen and oxygen atoms in total. The molecular weight excluding hydrogens is 424 g/mol. The second-order valence-electron chi connectivity index (χ2n) is 6.31. The van der Waals surface area contributed by atoms with Gasteiger partial charge in [0.15, 0.2) is 11.5 Å². The Morgan fingerprint density at radius 2 is 2.03 bits per heavy atom. The number of ether oxygens (including phenoxy) is 2. The number of amidine groups is 1. The number of rotatable bonds is 8. The molecule has 1 aliphatic heterocycles. The number of nitrogens with one attached hydrogen (secondary N) is 2. The van der Waals surface area contributed by atoms with E-state index in [0.717, 1.165) is 35.3 Å². The molecular formula is C21H23ClN4O3S. The maximum absolute atomic E-state index is 11.8. The second-order valence-corrected chi connectivity index (χ2v) is 7.73. The van der Waals surface area contributed by atoms with E-state index in [4.69, 9.17) is 26.8 Å². The lowest BCUT2D eigenvalue weighted by molar-refractivity contribution is 0.265. The van der Waals surface area contributed by atoms with E-state index in [2.05, 4.69) is 15.6 Å². The number of anilines is 1. The Kier molecular flexibility index (Phi) is 7.62. The summed E-state index contributed by atoms with van der Waals surface area (Å²) in [5, 5.41) is 6.25. The zero-order valence-electron chi connectivity index (χ0n) is 16.7. The number of likely N-dealkylation sites (N-methyl/N-ethyl adjacent to an activating group) is 1. The van der Waals surface area contributed by atoms with Crippen molar-refractivity contribution in [1.82, 2.24) is 10.6 Å². The zero-order valence-corrected chi connectivity index (χ0v) is 18.3. The highest BCUT2D eigenvalue weighted by Gasteiger charge is 2.23. The first-order valence-corrected chi connectivity index (χ1v) is 10.6. The fourth-order valence-corrected chi connectivity index (χ4v) is 3.68. The third-order valence-electron chi connectivity index (χ3n) is 4.13. The molecule has 1 saturated heterocycles. The minimum absolute atomic E-state index is 0.145. The van der Waals surface area contributed by atoms with Crippen molar-refractivity contribution in [3.05, 3.63) is 51.9 Å². The summed E-state index contributed by atoms with van der Waals surface area (Å²) < 4.78 is 11.4. The van der Waals surface area contributed by atoms with Gasteiger partial charge in [0.25, 0.3) is 5.24 Å². The van der Waals surface area contributed by atoms with E-state index in [1.165, 1.54) is 0 Å². The summed E-state index contributed by atoms with van der Waals surface area (Å²) in [7, 11) is 1.56. The maximum Gasteiger partial charge on any atom is 0.289 e. The molecule has 0 radical (unpaired) electrons. The Morgan fingerprint density at radius 3 is 2.77 bits per heavy atom. The molecule has 1 aliphatic rings. The molecule has 0 atom stereocenters. The van der Waals surface area contributed by atoms with Gasteiger partial charge in [-0.15, -0.1) is 0 Å². The van der Waals surface area contributed by atoms with E-state index in [0.29, 0.717) is 40.3 Å². The van der Waals surface area contributed by atoms with Crippen molar-refractivity contribution >= 4 is 46.2 Å². The number of aliphatic imine (C=N–C) groups is 1. The molecule has 2 aromatic carbocycles. The molecule has 9 heteroatoms. The highest BCUT2D eigenvalue weighted by atomic mass is 35.5. The number of amides is 1. The molecule has 1 heterocycles. The molecule has 3 rings (SSSR count). The number of carbonyl (C=O) groups excluding carboxylic acids is 1. The fraction of sp³-hybridized carbons (Fsp3) is 0.238. The quantitative estimate of drug-likeness (QED) is 0.407. The van der Waals surface area contributed by atoms with Crippen LogP contribution in [0.4, 0.5) is 10.5 Å². The van der Waals surface area contributed by atoms with Crippen LogP contribution >= 0.6 is 23.4 Å². The molecule has 0 spiro atoms. The van der Waals surface area contributed by atoms with E-state index in [1.807, 2.05) is 25.1 Å². The molecule has 2 aromatic rings. The Bertz CT molecular complexity index is 994. The van der Waals surface area contributed by atoms with Gasteiger partial charge in [0.2, 0.25) is 0 Å². The molecule has 0 saturated carbocycles. The average molecular weight is 447 g/mol. The van der Waals surface area contributed by atoms with Gasteiger partial charge in [0, 0.05) is 12.2 Å². The number of hydrogen-bond acceptors (Lipinski definition) is 7. The number of methoxy groups -OCH3 is 1. The van der Waals surface area contributed by atoms with Crippen molar-refractivity contribution in [2.75, 3.05) is 32.5 Å². The van der Waals surface area contributed by atoms with Gasteiger partial charge in [-0.1, -0.05) is 24.6 Å². The van der Waals surface area contributed by atoms with E-state index in [1.54, 1.807) is 31.4 Å². The lowest BCUT2D eigenvalue weighted by atomic mass is 10.2. The zero-order chi connectivity index (χ0) is 21.5. The number of benzene rings is 2. The highest BCUT2D eigenvalue weighted by Crippen LogP contribution is 2.37. The molecule has 0 unspecified atom stereocenters. The third-order valence-corrected chi connectivity index (χ3v) is 5.24. The van der Waals surface area contributed by atoms with E-state index >= 15 is 0 Å². The smallest absolute Gasteiger partial charge is 0.289 e. The molecule has 1 fully saturated rings. The molecule has 0 aromatic heterocycles. The molecule has 4 N–H and O–H groups in total. The van der Waals surface area contributed by atoms with Crippen LogP contribution in [0.2, 0.25) is 5.02 Å². The first kappa shape index (κ1) is 22.0. The van der Waals surface area contributed by atoms with Crippen LogP contribution in [0, 0.1) is 0 Å². The number of hydrogen-bond donors (Lipinski definition) is 3. The fourth-order valence-electron chi connectivity index (χ4n) is 2.70. The SMILES string of the molecule is CCNCCN=C1NC(=O)S/C1=C\c1ccc(Oc2ccc(N)cc2Cl)c(OC)c1. The molecule has 30 heavy (non-hydrogen) atoms. The Hall–Kier alpha value is -2.68. The summed E-state index contributed by atoms with van der Waals surface area (Å²) >= 11 is 7.31. The van der Waals surface area contributed by atoms with E-state index in [9.17, 15) is 4.79 Å². The number of carbonyl (C=O) groups is 1. The topological polar surface area (TPSA) is 98.0 Å². The van der Waals surface area contributed by atoms with Crippen molar-refractivity contribution in [2.45, 2.75) is 6.92 Å². The Labute approximate surface area is 184 Å². The van der Waals surface area contributed by atoms with Gasteiger partial charge < -0.3 is 25.8 Å². The van der Waals surface area contributed by atoms with Gasteiger partial charge in [0.05, 0.1) is 23.6 Å². The summed E-state index contributed by atoms with van der Waals surface area (Å²) in [6.45, 7) is 4.25. The van der Waals surface area contributed by atoms with Gasteiger partial charge in [-0.25, -0.2) is 0 Å². The second kappa shape index (κ2) is 10.4. The van der Waals surface area contributed by atoms with Crippen molar-refractivity contribution in [2.24, 2.45) is 4.99 Å². The summed E-state index contributed by atoms with van der Waals surface area (Å²) in [4.78, 5) is 17.1. The Morgan fingerprint density at radius 1 is 1.23 bits per heavy atom. The van der Waals surface area contributed by atoms with E-state index in [-0.39, 0.29) is 5.24 Å². The molecule has 1 amide bonds.